The molecule has 2 aromatic rings. The Morgan fingerprint density at radius 1 is 1.19 bits per heavy atom. The first kappa shape index (κ1) is 15.3. The molecule has 2 aromatic carbocycles. The molecule has 110 valence electrons. The number of nitro benzene ring substituents is 1. The number of hydrogen-bond donors (Lipinski definition) is 1. The Bertz CT molecular complexity index is 686. The number of nitro groups is 1. The molecule has 0 aliphatic heterocycles. The maximum absolute atomic E-state index is 10.7. The molecule has 0 aromatic heterocycles. The van der Waals surface area contributed by atoms with E-state index in [2.05, 4.69) is 37.4 Å². The van der Waals surface area contributed by atoms with Crippen LogP contribution in [0.1, 0.15) is 29.7 Å². The van der Waals surface area contributed by atoms with Gasteiger partial charge in [-0.1, -0.05) is 35.4 Å². The van der Waals surface area contributed by atoms with Gasteiger partial charge >= 0.3 is 0 Å². The highest BCUT2D eigenvalue weighted by molar-refractivity contribution is 6.33. The van der Waals surface area contributed by atoms with Gasteiger partial charge in [-0.05, 0) is 38.0 Å². The Morgan fingerprint density at radius 3 is 2.52 bits per heavy atom. The van der Waals surface area contributed by atoms with Gasteiger partial charge in [-0.2, -0.15) is 0 Å². The zero-order chi connectivity index (χ0) is 15.6. The Balaban J connectivity index is 2.25. The van der Waals surface area contributed by atoms with Gasteiger partial charge in [-0.15, -0.1) is 0 Å². The van der Waals surface area contributed by atoms with Crippen molar-refractivity contribution in [2.45, 2.75) is 26.8 Å². The van der Waals surface area contributed by atoms with Crippen molar-refractivity contribution in [1.82, 2.24) is 0 Å². The average Bonchev–Trinajstić information content (AvgIpc) is 2.43. The number of benzene rings is 2. The summed E-state index contributed by atoms with van der Waals surface area (Å²) in [5.74, 6) is 0. The minimum Gasteiger partial charge on any atom is -0.377 e. The molecule has 0 amide bonds. The summed E-state index contributed by atoms with van der Waals surface area (Å²) in [6, 6.07) is 10.8. The van der Waals surface area contributed by atoms with Crippen LogP contribution in [0.4, 0.5) is 11.4 Å². The third-order valence-electron chi connectivity index (χ3n) is 3.44. The first-order valence-electron chi connectivity index (χ1n) is 6.66. The van der Waals surface area contributed by atoms with E-state index in [0.717, 1.165) is 0 Å². The van der Waals surface area contributed by atoms with Crippen LogP contribution in [0.25, 0.3) is 0 Å². The van der Waals surface area contributed by atoms with Crippen LogP contribution in [-0.2, 0) is 0 Å². The minimum atomic E-state index is -0.455. The monoisotopic (exact) mass is 304 g/mol. The van der Waals surface area contributed by atoms with Gasteiger partial charge in [0.2, 0.25) is 0 Å². The maximum atomic E-state index is 10.7. The molecule has 1 atom stereocenters. The van der Waals surface area contributed by atoms with Crippen molar-refractivity contribution in [3.05, 3.63) is 68.2 Å². The van der Waals surface area contributed by atoms with Crippen LogP contribution in [0.2, 0.25) is 5.02 Å². The molecule has 0 spiro atoms. The molecule has 5 heteroatoms. The van der Waals surface area contributed by atoms with Crippen LogP contribution < -0.4 is 5.32 Å². The third kappa shape index (κ3) is 3.52. The van der Waals surface area contributed by atoms with E-state index in [1.54, 1.807) is 6.07 Å². The van der Waals surface area contributed by atoms with Crippen LogP contribution in [0.3, 0.4) is 0 Å². The molecule has 1 N–H and O–H groups in total. The van der Waals surface area contributed by atoms with E-state index < -0.39 is 4.92 Å². The number of hydrogen-bond acceptors (Lipinski definition) is 3. The van der Waals surface area contributed by atoms with Crippen LogP contribution in [0.5, 0.6) is 0 Å². The number of nitrogens with zero attached hydrogens (tertiary/aromatic N) is 1. The molecular weight excluding hydrogens is 288 g/mol. The molecule has 4 nitrogen and oxygen atoms in total. The lowest BCUT2D eigenvalue weighted by Gasteiger charge is -2.19. The van der Waals surface area contributed by atoms with Crippen molar-refractivity contribution in [1.29, 1.82) is 0 Å². The van der Waals surface area contributed by atoms with Gasteiger partial charge in [0.1, 0.15) is 0 Å². The third-order valence-corrected chi connectivity index (χ3v) is 3.75. The van der Waals surface area contributed by atoms with Gasteiger partial charge in [-0.3, -0.25) is 10.1 Å². The summed E-state index contributed by atoms with van der Waals surface area (Å²) < 4.78 is 0. The Morgan fingerprint density at radius 2 is 1.90 bits per heavy atom. The molecule has 2 rings (SSSR count). The highest BCUT2D eigenvalue weighted by Gasteiger charge is 2.13. The van der Waals surface area contributed by atoms with Gasteiger partial charge in [0.25, 0.3) is 5.69 Å². The fourth-order valence-electron chi connectivity index (χ4n) is 2.27. The van der Waals surface area contributed by atoms with Crippen molar-refractivity contribution in [3.8, 4) is 0 Å². The molecule has 1 unspecified atom stereocenters. The number of non-ortho nitro benzene ring substituents is 1. The van der Waals surface area contributed by atoms with E-state index in [4.69, 9.17) is 11.6 Å². The quantitative estimate of drug-likeness (QED) is 0.636. The standard InChI is InChI=1S/C16H17ClN2O2/c1-10-4-5-11(2)14(8-10)12(3)18-16-7-6-13(19(20)21)9-15(16)17/h4-9,12,18H,1-3H3. The molecular formula is C16H17ClN2O2. The largest absolute Gasteiger partial charge is 0.377 e. The second kappa shape index (κ2) is 6.14. The molecule has 0 radical (unpaired) electrons. The first-order valence-corrected chi connectivity index (χ1v) is 7.04. The van der Waals surface area contributed by atoms with Gasteiger partial charge < -0.3 is 5.32 Å². The van der Waals surface area contributed by atoms with Crippen LogP contribution in [0, 0.1) is 24.0 Å². The molecule has 0 saturated heterocycles. The normalized spacial score (nSPS) is 12.0. The van der Waals surface area contributed by atoms with Gasteiger partial charge in [0.15, 0.2) is 0 Å². The van der Waals surface area contributed by atoms with E-state index in [-0.39, 0.29) is 11.7 Å². The van der Waals surface area contributed by atoms with Crippen molar-refractivity contribution in [3.63, 3.8) is 0 Å². The van der Waals surface area contributed by atoms with E-state index >= 15 is 0 Å². The topological polar surface area (TPSA) is 55.2 Å². The molecule has 21 heavy (non-hydrogen) atoms. The summed E-state index contributed by atoms with van der Waals surface area (Å²) in [5.41, 5.74) is 4.25. The smallest absolute Gasteiger partial charge is 0.271 e. The summed E-state index contributed by atoms with van der Waals surface area (Å²) in [4.78, 5) is 10.3. The second-order valence-corrected chi connectivity index (χ2v) is 5.55. The average molecular weight is 305 g/mol. The van der Waals surface area contributed by atoms with Crippen molar-refractivity contribution in [2.24, 2.45) is 0 Å². The fourth-order valence-corrected chi connectivity index (χ4v) is 2.50. The predicted octanol–water partition coefficient (Wildman–Crippen LogP) is 5.04. The zero-order valence-electron chi connectivity index (χ0n) is 12.2. The SMILES string of the molecule is Cc1ccc(C)c(C(C)Nc2ccc([N+](=O)[O-])cc2Cl)c1. The van der Waals surface area contributed by atoms with Crippen molar-refractivity contribution in [2.75, 3.05) is 5.32 Å². The number of anilines is 1. The Kier molecular flexibility index (Phi) is 4.48. The predicted molar refractivity (Wildman–Crippen MR) is 86.1 cm³/mol. The lowest BCUT2D eigenvalue weighted by atomic mass is 10.00. The van der Waals surface area contributed by atoms with E-state index in [1.807, 2.05) is 6.92 Å². The first-order chi connectivity index (χ1) is 9.88. The number of rotatable bonds is 4. The Labute approximate surface area is 128 Å². The highest BCUT2D eigenvalue weighted by atomic mass is 35.5. The maximum Gasteiger partial charge on any atom is 0.271 e. The lowest BCUT2D eigenvalue weighted by Crippen LogP contribution is -2.09. The number of nitrogens with one attached hydrogen (secondary N) is 1. The summed E-state index contributed by atoms with van der Waals surface area (Å²) in [7, 11) is 0. The van der Waals surface area contributed by atoms with E-state index in [9.17, 15) is 10.1 Å². The van der Waals surface area contributed by atoms with Gasteiger partial charge in [-0.25, -0.2) is 0 Å². The van der Waals surface area contributed by atoms with Crippen LogP contribution in [-0.4, -0.2) is 4.92 Å². The lowest BCUT2D eigenvalue weighted by molar-refractivity contribution is -0.384. The molecule has 0 bridgehead atoms. The van der Waals surface area contributed by atoms with Crippen molar-refractivity contribution >= 4 is 23.0 Å². The number of aryl methyl sites for hydroxylation is 2. The van der Waals surface area contributed by atoms with Crippen LogP contribution in [0.15, 0.2) is 36.4 Å². The highest BCUT2D eigenvalue weighted by Crippen LogP contribution is 2.30. The molecule has 0 saturated carbocycles. The summed E-state index contributed by atoms with van der Waals surface area (Å²) in [5, 5.41) is 14.4. The van der Waals surface area contributed by atoms with E-state index in [0.29, 0.717) is 10.7 Å². The van der Waals surface area contributed by atoms with E-state index in [1.165, 1.54) is 28.8 Å². The molecule has 0 heterocycles. The molecule has 0 aliphatic rings. The molecule has 0 aliphatic carbocycles. The van der Waals surface area contributed by atoms with Gasteiger partial charge in [0.05, 0.1) is 15.6 Å². The van der Waals surface area contributed by atoms with Crippen molar-refractivity contribution < 1.29 is 4.92 Å². The van der Waals surface area contributed by atoms with Gasteiger partial charge in [0, 0.05) is 18.2 Å². The summed E-state index contributed by atoms with van der Waals surface area (Å²) in [6.07, 6.45) is 0. The number of halogens is 1. The second-order valence-electron chi connectivity index (χ2n) is 5.15. The summed E-state index contributed by atoms with van der Waals surface area (Å²) in [6.45, 7) is 6.15. The minimum absolute atomic E-state index is 0.00932. The molecule has 0 fully saturated rings. The summed E-state index contributed by atoms with van der Waals surface area (Å²) >= 11 is 6.11. The zero-order valence-corrected chi connectivity index (χ0v) is 12.9. The Hall–Kier alpha value is -2.07. The van der Waals surface area contributed by atoms with Crippen LogP contribution >= 0.6 is 11.6 Å². The fraction of sp³-hybridized carbons (Fsp3) is 0.250.